The van der Waals surface area contributed by atoms with Crippen LogP contribution in [0.25, 0.3) is 31.8 Å². The molecule has 2 unspecified atom stereocenters. The summed E-state index contributed by atoms with van der Waals surface area (Å²) >= 11 is 7.58. The Balaban J connectivity index is 1.82. The molecule has 2 atom stereocenters. The highest BCUT2D eigenvalue weighted by atomic mass is 35.5. The van der Waals surface area contributed by atoms with Gasteiger partial charge < -0.3 is 14.6 Å². The average Bonchev–Trinajstić information content (AvgIpc) is 3.09. The number of aliphatic hydroxyl groups excluding tert-OH is 1. The fourth-order valence-corrected chi connectivity index (χ4v) is 3.92. The molecule has 29 heavy (non-hydrogen) atoms. The Bertz CT molecular complexity index is 1210. The summed E-state index contributed by atoms with van der Waals surface area (Å²) in [5, 5.41) is 11.5. The summed E-state index contributed by atoms with van der Waals surface area (Å²) in [6.07, 6.45) is 0.261. The van der Waals surface area contributed by atoms with Gasteiger partial charge in [0.15, 0.2) is 5.82 Å². The van der Waals surface area contributed by atoms with Crippen LogP contribution in [-0.4, -0.2) is 39.4 Å². The van der Waals surface area contributed by atoms with E-state index in [0.717, 1.165) is 10.9 Å². The van der Waals surface area contributed by atoms with E-state index >= 15 is 0 Å². The van der Waals surface area contributed by atoms with E-state index in [0.29, 0.717) is 31.6 Å². The van der Waals surface area contributed by atoms with Gasteiger partial charge in [-0.2, -0.15) is 4.98 Å². The molecule has 0 radical (unpaired) electrons. The molecule has 1 N–H and O–H groups in total. The van der Waals surface area contributed by atoms with Crippen LogP contribution in [0.15, 0.2) is 30.5 Å². The molecule has 1 aromatic carbocycles. The summed E-state index contributed by atoms with van der Waals surface area (Å²) in [5.74, 6) is -0.187. The van der Waals surface area contributed by atoms with Crippen molar-refractivity contribution >= 4 is 44.2 Å². The second kappa shape index (κ2) is 7.70. The molecular weight excluding hydrogens is 417 g/mol. The van der Waals surface area contributed by atoms with Gasteiger partial charge in [-0.15, -0.1) is 0 Å². The first-order chi connectivity index (χ1) is 13.9. The van der Waals surface area contributed by atoms with Crippen LogP contribution in [0.2, 0.25) is 5.02 Å². The summed E-state index contributed by atoms with van der Waals surface area (Å²) in [5.41, 5.74) is 1.83. The molecule has 3 aromatic heterocycles. The fourth-order valence-electron chi connectivity index (χ4n) is 2.77. The average molecular weight is 434 g/mol. The van der Waals surface area contributed by atoms with Crippen LogP contribution in [0.4, 0.5) is 4.39 Å². The predicted molar refractivity (Wildman–Crippen MR) is 111 cm³/mol. The Kier molecular flexibility index (Phi) is 5.24. The van der Waals surface area contributed by atoms with Crippen LogP contribution in [0.3, 0.4) is 0 Å². The minimum atomic E-state index is -0.759. The van der Waals surface area contributed by atoms with Crippen LogP contribution in [0, 0.1) is 5.82 Å². The van der Waals surface area contributed by atoms with E-state index in [4.69, 9.17) is 21.1 Å². The van der Waals surface area contributed by atoms with Gasteiger partial charge in [-0.25, -0.2) is 9.37 Å². The number of hydrogen-bond donors (Lipinski definition) is 1. The maximum Gasteiger partial charge on any atom is 0.252 e. The van der Waals surface area contributed by atoms with Gasteiger partial charge in [0.1, 0.15) is 27.2 Å². The number of halogens is 2. The number of rotatable bonds is 5. The smallest absolute Gasteiger partial charge is 0.252 e. The standard InChI is InChI=1S/C20H17ClFN3O3S/c1-9(26)10(2)28-18-15(22)7-16-20(25-18)29-19(24-16)14-6-12(21)4-11-5-13(27-3)8-23-17(11)14/h4-10,26H,1-3H3. The Hall–Kier alpha value is -2.55. The molecule has 0 aliphatic rings. The summed E-state index contributed by atoms with van der Waals surface area (Å²) in [4.78, 5) is 13.7. The summed E-state index contributed by atoms with van der Waals surface area (Å²) in [7, 11) is 1.57. The molecule has 6 nitrogen and oxygen atoms in total. The lowest BCUT2D eigenvalue weighted by atomic mass is 10.1. The minimum Gasteiger partial charge on any atom is -0.495 e. The van der Waals surface area contributed by atoms with Gasteiger partial charge in [-0.1, -0.05) is 22.9 Å². The van der Waals surface area contributed by atoms with E-state index in [1.807, 2.05) is 6.07 Å². The zero-order valence-corrected chi connectivity index (χ0v) is 17.4. The Labute approximate surface area is 174 Å². The second-order valence-corrected chi connectivity index (χ2v) is 8.00. The number of aromatic nitrogens is 3. The maximum absolute atomic E-state index is 14.4. The van der Waals surface area contributed by atoms with Crippen molar-refractivity contribution < 1.29 is 19.0 Å². The lowest BCUT2D eigenvalue weighted by Crippen LogP contribution is -2.26. The quantitative estimate of drug-likeness (QED) is 0.484. The van der Waals surface area contributed by atoms with Crippen molar-refractivity contribution in [2.45, 2.75) is 26.1 Å². The van der Waals surface area contributed by atoms with Crippen molar-refractivity contribution in [3.63, 3.8) is 0 Å². The fraction of sp³-hybridized carbons (Fsp3) is 0.250. The van der Waals surface area contributed by atoms with Crippen molar-refractivity contribution in [2.75, 3.05) is 7.11 Å². The Morgan fingerprint density at radius 3 is 2.69 bits per heavy atom. The number of aliphatic hydroxyl groups is 1. The molecule has 0 spiro atoms. The lowest BCUT2D eigenvalue weighted by molar-refractivity contribution is 0.0549. The molecule has 9 heteroatoms. The van der Waals surface area contributed by atoms with Crippen LogP contribution >= 0.6 is 22.9 Å². The zero-order chi connectivity index (χ0) is 20.7. The molecule has 0 saturated carbocycles. The number of benzene rings is 1. The van der Waals surface area contributed by atoms with E-state index in [-0.39, 0.29) is 5.88 Å². The molecule has 0 aliphatic carbocycles. The molecule has 0 aliphatic heterocycles. The molecule has 0 fully saturated rings. The van der Waals surface area contributed by atoms with E-state index in [2.05, 4.69) is 15.0 Å². The largest absolute Gasteiger partial charge is 0.495 e. The van der Waals surface area contributed by atoms with E-state index in [1.54, 1.807) is 39.3 Å². The molecule has 150 valence electrons. The number of nitrogens with zero attached hydrogens (tertiary/aromatic N) is 3. The highest BCUT2D eigenvalue weighted by molar-refractivity contribution is 7.21. The van der Waals surface area contributed by atoms with Crippen LogP contribution in [-0.2, 0) is 0 Å². The topological polar surface area (TPSA) is 77.4 Å². The Morgan fingerprint density at radius 2 is 1.97 bits per heavy atom. The summed E-state index contributed by atoms with van der Waals surface area (Å²) in [6, 6.07) is 6.68. The highest BCUT2D eigenvalue weighted by Crippen LogP contribution is 2.37. The molecule has 4 aromatic rings. The van der Waals surface area contributed by atoms with Crippen molar-refractivity contribution in [3.05, 3.63) is 41.3 Å². The van der Waals surface area contributed by atoms with Crippen molar-refractivity contribution in [1.82, 2.24) is 15.0 Å². The number of thiazole rings is 1. The molecule has 4 rings (SSSR count). The molecule has 0 amide bonds. The third kappa shape index (κ3) is 3.83. The molecule has 3 heterocycles. The van der Waals surface area contributed by atoms with Crippen LogP contribution in [0.1, 0.15) is 13.8 Å². The SMILES string of the molecule is COc1cnc2c(-c3nc4cc(F)c(OC(C)C(C)O)nc4s3)cc(Cl)cc2c1. The van der Waals surface area contributed by atoms with E-state index in [9.17, 15) is 9.50 Å². The number of methoxy groups -OCH3 is 1. The third-order valence-electron chi connectivity index (χ3n) is 4.47. The third-order valence-corrected chi connectivity index (χ3v) is 5.69. The molecule has 0 bridgehead atoms. The van der Waals surface area contributed by atoms with Gasteiger partial charge in [0.25, 0.3) is 5.88 Å². The number of hydrogen-bond acceptors (Lipinski definition) is 7. The predicted octanol–water partition coefficient (Wildman–Crippen LogP) is 4.86. The lowest BCUT2D eigenvalue weighted by Gasteiger charge is -2.16. The molecule has 0 saturated heterocycles. The second-order valence-electron chi connectivity index (χ2n) is 6.58. The van der Waals surface area contributed by atoms with Gasteiger partial charge in [0.05, 0.1) is 24.9 Å². The van der Waals surface area contributed by atoms with Gasteiger partial charge in [-0.3, -0.25) is 4.98 Å². The first-order valence-corrected chi connectivity index (χ1v) is 10.0. The monoisotopic (exact) mass is 433 g/mol. The highest BCUT2D eigenvalue weighted by Gasteiger charge is 2.19. The van der Waals surface area contributed by atoms with Crippen molar-refractivity contribution in [2.24, 2.45) is 0 Å². The number of fused-ring (bicyclic) bond motifs is 2. The van der Waals surface area contributed by atoms with Crippen molar-refractivity contribution in [1.29, 1.82) is 0 Å². The minimum absolute atomic E-state index is 0.167. The van der Waals surface area contributed by atoms with Gasteiger partial charge >= 0.3 is 0 Å². The van der Waals surface area contributed by atoms with Gasteiger partial charge in [0.2, 0.25) is 0 Å². The van der Waals surface area contributed by atoms with Gasteiger partial charge in [-0.05, 0) is 32.0 Å². The number of ether oxygens (including phenoxy) is 2. The first kappa shape index (κ1) is 19.8. The maximum atomic E-state index is 14.4. The van der Waals surface area contributed by atoms with Gasteiger partial charge in [0, 0.05) is 22.0 Å². The zero-order valence-electron chi connectivity index (χ0n) is 15.8. The van der Waals surface area contributed by atoms with Crippen LogP contribution < -0.4 is 9.47 Å². The van der Waals surface area contributed by atoms with E-state index < -0.39 is 18.0 Å². The Morgan fingerprint density at radius 1 is 1.17 bits per heavy atom. The number of pyridine rings is 2. The van der Waals surface area contributed by atoms with E-state index in [1.165, 1.54) is 17.4 Å². The van der Waals surface area contributed by atoms with Crippen LogP contribution in [0.5, 0.6) is 11.6 Å². The summed E-state index contributed by atoms with van der Waals surface area (Å²) in [6.45, 7) is 3.21. The normalized spacial score (nSPS) is 13.6. The summed E-state index contributed by atoms with van der Waals surface area (Å²) < 4.78 is 25.1. The molecular formula is C20H17ClFN3O3S. The van der Waals surface area contributed by atoms with Crippen molar-refractivity contribution in [3.8, 4) is 22.2 Å². The first-order valence-electron chi connectivity index (χ1n) is 8.81.